The molecule has 0 spiro atoms. The zero-order valence-electron chi connectivity index (χ0n) is 15.4. The van der Waals surface area contributed by atoms with Crippen LogP contribution >= 0.6 is 0 Å². The fraction of sp³-hybridized carbons (Fsp3) is 0.333. The van der Waals surface area contributed by atoms with Crippen LogP contribution in [-0.2, 0) is 27.4 Å². The third-order valence-corrected chi connectivity index (χ3v) is 4.69. The minimum absolute atomic E-state index is 0.110. The van der Waals surface area contributed by atoms with Crippen LogP contribution < -0.4 is 15.4 Å². The Morgan fingerprint density at radius 2 is 1.93 bits per heavy atom. The maximum absolute atomic E-state index is 12.7. The van der Waals surface area contributed by atoms with Crippen molar-refractivity contribution in [3.63, 3.8) is 0 Å². The van der Waals surface area contributed by atoms with E-state index in [0.717, 1.165) is 29.0 Å². The van der Waals surface area contributed by atoms with E-state index in [1.54, 1.807) is 12.0 Å². The maximum Gasteiger partial charge on any atom is 0.306 e. The molecule has 0 unspecified atom stereocenters. The molecule has 0 bridgehead atoms. The summed E-state index contributed by atoms with van der Waals surface area (Å²) in [6.07, 6.45) is 1.09. The summed E-state index contributed by atoms with van der Waals surface area (Å²) in [6, 6.07) is 14.4. The summed E-state index contributed by atoms with van der Waals surface area (Å²) in [4.78, 5) is 26.3. The lowest BCUT2D eigenvalue weighted by molar-refractivity contribution is -0.145. The molecule has 0 aromatic heterocycles. The third kappa shape index (κ3) is 4.46. The largest absolute Gasteiger partial charge is 0.496 e. The van der Waals surface area contributed by atoms with E-state index in [9.17, 15) is 9.59 Å². The van der Waals surface area contributed by atoms with Crippen molar-refractivity contribution in [2.24, 2.45) is 5.73 Å². The molecular weight excluding hydrogens is 344 g/mol. The van der Waals surface area contributed by atoms with Crippen LogP contribution in [-0.4, -0.2) is 31.6 Å². The van der Waals surface area contributed by atoms with Crippen molar-refractivity contribution in [2.45, 2.75) is 31.9 Å². The van der Waals surface area contributed by atoms with Gasteiger partial charge in [-0.3, -0.25) is 9.59 Å². The fourth-order valence-electron chi connectivity index (χ4n) is 3.23. The van der Waals surface area contributed by atoms with Gasteiger partial charge in [0.25, 0.3) is 0 Å². The SMILES string of the molecule is COc1cccc2c1CCN2C(=O)[C@@H](N)CCC(=O)OCc1ccccc1. The van der Waals surface area contributed by atoms with Crippen molar-refractivity contribution in [2.75, 3.05) is 18.6 Å². The second-order valence-corrected chi connectivity index (χ2v) is 6.49. The second kappa shape index (κ2) is 8.68. The van der Waals surface area contributed by atoms with Crippen molar-refractivity contribution >= 4 is 17.6 Å². The van der Waals surface area contributed by atoms with E-state index in [4.69, 9.17) is 15.2 Å². The molecule has 0 saturated heterocycles. The highest BCUT2D eigenvalue weighted by Gasteiger charge is 2.30. The lowest BCUT2D eigenvalue weighted by Gasteiger charge is -2.21. The van der Waals surface area contributed by atoms with Crippen molar-refractivity contribution in [1.82, 2.24) is 0 Å². The van der Waals surface area contributed by atoms with Gasteiger partial charge in [-0.05, 0) is 30.5 Å². The number of esters is 1. The summed E-state index contributed by atoms with van der Waals surface area (Å²) >= 11 is 0. The number of hydrogen-bond acceptors (Lipinski definition) is 5. The summed E-state index contributed by atoms with van der Waals surface area (Å²) in [5.74, 6) is 0.240. The van der Waals surface area contributed by atoms with Crippen LogP contribution in [0.2, 0.25) is 0 Å². The maximum atomic E-state index is 12.7. The van der Waals surface area contributed by atoms with E-state index in [0.29, 0.717) is 6.54 Å². The van der Waals surface area contributed by atoms with Crippen LogP contribution in [0.25, 0.3) is 0 Å². The van der Waals surface area contributed by atoms with Crippen molar-refractivity contribution in [1.29, 1.82) is 0 Å². The molecule has 1 aliphatic rings. The van der Waals surface area contributed by atoms with Gasteiger partial charge in [-0.2, -0.15) is 0 Å². The van der Waals surface area contributed by atoms with Gasteiger partial charge in [-0.1, -0.05) is 36.4 Å². The van der Waals surface area contributed by atoms with Gasteiger partial charge >= 0.3 is 5.97 Å². The van der Waals surface area contributed by atoms with Gasteiger partial charge in [0.2, 0.25) is 5.91 Å². The number of carbonyl (C=O) groups excluding carboxylic acids is 2. The predicted octanol–water partition coefficient (Wildman–Crippen LogP) is 2.44. The molecule has 0 aliphatic carbocycles. The first kappa shape index (κ1) is 18.9. The molecule has 0 fully saturated rings. The molecule has 2 aromatic carbocycles. The molecule has 1 amide bonds. The quantitative estimate of drug-likeness (QED) is 0.759. The minimum Gasteiger partial charge on any atom is -0.496 e. The highest BCUT2D eigenvalue weighted by atomic mass is 16.5. The van der Waals surface area contributed by atoms with E-state index >= 15 is 0 Å². The number of ether oxygens (including phenoxy) is 2. The van der Waals surface area contributed by atoms with E-state index in [-0.39, 0.29) is 31.3 Å². The summed E-state index contributed by atoms with van der Waals surface area (Å²) in [5, 5.41) is 0. The zero-order chi connectivity index (χ0) is 19.2. The number of methoxy groups -OCH3 is 1. The molecule has 6 heteroatoms. The number of benzene rings is 2. The van der Waals surface area contributed by atoms with Crippen LogP contribution in [0, 0.1) is 0 Å². The van der Waals surface area contributed by atoms with Crippen LogP contribution in [0.15, 0.2) is 48.5 Å². The number of nitrogens with two attached hydrogens (primary N) is 1. The Morgan fingerprint density at radius 3 is 2.67 bits per heavy atom. The third-order valence-electron chi connectivity index (χ3n) is 4.69. The summed E-state index contributed by atoms with van der Waals surface area (Å²) in [5.41, 5.74) is 8.83. The molecule has 1 heterocycles. The number of hydrogen-bond donors (Lipinski definition) is 1. The highest BCUT2D eigenvalue weighted by Crippen LogP contribution is 2.35. The van der Waals surface area contributed by atoms with Crippen molar-refractivity contribution < 1.29 is 19.1 Å². The van der Waals surface area contributed by atoms with Gasteiger partial charge in [-0.25, -0.2) is 0 Å². The first-order chi connectivity index (χ1) is 13.1. The van der Waals surface area contributed by atoms with Gasteiger partial charge < -0.3 is 20.1 Å². The van der Waals surface area contributed by atoms with Gasteiger partial charge in [0.1, 0.15) is 12.4 Å². The molecule has 6 nitrogen and oxygen atoms in total. The average Bonchev–Trinajstić information content (AvgIpc) is 3.14. The Kier molecular flexibility index (Phi) is 6.08. The number of carbonyl (C=O) groups is 2. The molecule has 3 rings (SSSR count). The topological polar surface area (TPSA) is 81.9 Å². The summed E-state index contributed by atoms with van der Waals surface area (Å²) in [6.45, 7) is 0.794. The van der Waals surface area contributed by atoms with E-state index in [1.807, 2.05) is 48.5 Å². The van der Waals surface area contributed by atoms with Crippen LogP contribution in [0.5, 0.6) is 5.75 Å². The van der Waals surface area contributed by atoms with Crippen LogP contribution in [0.1, 0.15) is 24.0 Å². The Balaban J connectivity index is 1.51. The predicted molar refractivity (Wildman–Crippen MR) is 102 cm³/mol. The van der Waals surface area contributed by atoms with Crippen LogP contribution in [0.4, 0.5) is 5.69 Å². The van der Waals surface area contributed by atoms with E-state index < -0.39 is 6.04 Å². The Morgan fingerprint density at radius 1 is 1.15 bits per heavy atom. The highest BCUT2D eigenvalue weighted by molar-refractivity contribution is 5.99. The van der Waals surface area contributed by atoms with Gasteiger partial charge in [0.15, 0.2) is 0 Å². The Hall–Kier alpha value is -2.86. The number of fused-ring (bicyclic) bond motifs is 1. The van der Waals surface area contributed by atoms with Crippen LogP contribution in [0.3, 0.4) is 0 Å². The smallest absolute Gasteiger partial charge is 0.306 e. The zero-order valence-corrected chi connectivity index (χ0v) is 15.4. The first-order valence-corrected chi connectivity index (χ1v) is 9.02. The van der Waals surface area contributed by atoms with Crippen molar-refractivity contribution in [3.8, 4) is 5.75 Å². The number of anilines is 1. The second-order valence-electron chi connectivity index (χ2n) is 6.49. The molecule has 142 valence electrons. The van der Waals surface area contributed by atoms with Gasteiger partial charge in [0.05, 0.1) is 18.8 Å². The van der Waals surface area contributed by atoms with Crippen molar-refractivity contribution in [3.05, 3.63) is 59.7 Å². The number of nitrogens with zero attached hydrogens (tertiary/aromatic N) is 1. The molecule has 0 saturated carbocycles. The molecule has 1 aliphatic heterocycles. The standard InChI is InChI=1S/C21H24N2O4/c1-26-19-9-5-8-18-16(19)12-13-23(18)21(25)17(22)10-11-20(24)27-14-15-6-3-2-4-7-15/h2-9,17H,10-14,22H2,1H3/t17-/m0/s1. The first-order valence-electron chi connectivity index (χ1n) is 9.02. The summed E-state index contributed by atoms with van der Waals surface area (Å²) < 4.78 is 10.6. The summed E-state index contributed by atoms with van der Waals surface area (Å²) in [7, 11) is 1.62. The Bertz CT molecular complexity index is 807. The molecule has 2 N–H and O–H groups in total. The minimum atomic E-state index is -0.744. The molecule has 2 aromatic rings. The monoisotopic (exact) mass is 368 g/mol. The molecule has 27 heavy (non-hydrogen) atoms. The van der Waals surface area contributed by atoms with E-state index in [1.165, 1.54) is 0 Å². The lowest BCUT2D eigenvalue weighted by atomic mass is 10.1. The van der Waals surface area contributed by atoms with Gasteiger partial charge in [-0.15, -0.1) is 0 Å². The fourth-order valence-corrected chi connectivity index (χ4v) is 3.23. The lowest BCUT2D eigenvalue weighted by Crippen LogP contribution is -2.43. The molecular formula is C21H24N2O4. The number of rotatable bonds is 7. The average molecular weight is 368 g/mol. The van der Waals surface area contributed by atoms with E-state index in [2.05, 4.69) is 0 Å². The molecule has 1 atom stereocenters. The normalized spacial score (nSPS) is 13.8. The Labute approximate surface area is 158 Å². The van der Waals surface area contributed by atoms with Gasteiger partial charge in [0, 0.05) is 18.5 Å². The number of amides is 1. The molecule has 0 radical (unpaired) electrons.